The van der Waals surface area contributed by atoms with Gasteiger partial charge < -0.3 is 9.84 Å². The zero-order valence-corrected chi connectivity index (χ0v) is 12.5. The Morgan fingerprint density at radius 1 is 1.60 bits per heavy atom. The lowest BCUT2D eigenvalue weighted by Crippen LogP contribution is -2.42. The Kier molecular flexibility index (Phi) is 3.29. The van der Waals surface area contributed by atoms with E-state index in [1.54, 1.807) is 4.68 Å². The van der Waals surface area contributed by atoms with Crippen LogP contribution in [0.2, 0.25) is 5.02 Å². The summed E-state index contributed by atoms with van der Waals surface area (Å²) < 4.78 is 7.46. The summed E-state index contributed by atoms with van der Waals surface area (Å²) in [4.78, 5) is 11.9. The standard InChI is InChI=1S/C14H19ClN2O3/c1-8-11(15)10(17(2)16-8)7-14(13(18)19)5-6-20-12(14)9-3-4-9/h9,12H,3-7H2,1-2H3,(H,18,19). The largest absolute Gasteiger partial charge is 0.481 e. The average Bonchev–Trinajstić information content (AvgIpc) is 3.10. The van der Waals surface area contributed by atoms with Gasteiger partial charge in [-0.2, -0.15) is 5.10 Å². The molecule has 0 bridgehead atoms. The predicted octanol–water partition coefficient (Wildman–Crippen LogP) is 2.19. The smallest absolute Gasteiger partial charge is 0.312 e. The maximum absolute atomic E-state index is 11.9. The second kappa shape index (κ2) is 4.74. The van der Waals surface area contributed by atoms with Crippen molar-refractivity contribution in [2.75, 3.05) is 6.61 Å². The van der Waals surface area contributed by atoms with Crippen LogP contribution >= 0.6 is 11.6 Å². The van der Waals surface area contributed by atoms with Crippen molar-refractivity contribution in [3.8, 4) is 0 Å². The van der Waals surface area contributed by atoms with Crippen molar-refractivity contribution in [3.05, 3.63) is 16.4 Å². The quantitative estimate of drug-likeness (QED) is 0.925. The van der Waals surface area contributed by atoms with E-state index in [4.69, 9.17) is 16.3 Å². The molecule has 1 aliphatic carbocycles. The lowest BCUT2D eigenvalue weighted by Gasteiger charge is -2.30. The normalized spacial score (nSPS) is 29.9. The third-order valence-corrected chi connectivity index (χ3v) is 5.10. The van der Waals surface area contributed by atoms with E-state index < -0.39 is 11.4 Å². The van der Waals surface area contributed by atoms with Gasteiger partial charge >= 0.3 is 5.97 Å². The van der Waals surface area contributed by atoms with Crippen LogP contribution in [0.15, 0.2) is 0 Å². The zero-order valence-electron chi connectivity index (χ0n) is 11.7. The van der Waals surface area contributed by atoms with E-state index >= 15 is 0 Å². The lowest BCUT2D eigenvalue weighted by atomic mass is 9.75. The van der Waals surface area contributed by atoms with E-state index in [1.807, 2.05) is 14.0 Å². The summed E-state index contributed by atoms with van der Waals surface area (Å²) in [6.45, 7) is 2.35. The minimum Gasteiger partial charge on any atom is -0.481 e. The van der Waals surface area contributed by atoms with Gasteiger partial charge in [0.15, 0.2) is 0 Å². The fourth-order valence-corrected chi connectivity index (χ4v) is 3.55. The topological polar surface area (TPSA) is 64.4 Å². The number of aryl methyl sites for hydroxylation is 2. The molecular formula is C14H19ClN2O3. The summed E-state index contributed by atoms with van der Waals surface area (Å²) in [6.07, 6.45) is 2.88. The van der Waals surface area contributed by atoms with Crippen molar-refractivity contribution in [1.29, 1.82) is 0 Å². The van der Waals surface area contributed by atoms with Crippen molar-refractivity contribution in [2.45, 2.75) is 38.7 Å². The first kappa shape index (κ1) is 13.9. The average molecular weight is 299 g/mol. The highest BCUT2D eigenvalue weighted by atomic mass is 35.5. The Hall–Kier alpha value is -1.07. The number of aliphatic carboxylic acids is 1. The molecular weight excluding hydrogens is 280 g/mol. The number of carboxylic acids is 1. The summed E-state index contributed by atoms with van der Waals surface area (Å²) >= 11 is 6.28. The Morgan fingerprint density at radius 2 is 2.30 bits per heavy atom. The molecule has 1 aromatic heterocycles. The number of halogens is 1. The van der Waals surface area contributed by atoms with Crippen molar-refractivity contribution >= 4 is 17.6 Å². The maximum Gasteiger partial charge on any atom is 0.312 e. The summed E-state index contributed by atoms with van der Waals surface area (Å²) in [5.74, 6) is -0.386. The number of aromatic nitrogens is 2. The van der Waals surface area contributed by atoms with Crippen LogP contribution in [0, 0.1) is 18.3 Å². The fourth-order valence-electron chi connectivity index (χ4n) is 3.32. The maximum atomic E-state index is 11.9. The molecule has 2 fully saturated rings. The third kappa shape index (κ3) is 2.04. The van der Waals surface area contributed by atoms with Crippen molar-refractivity contribution in [1.82, 2.24) is 9.78 Å². The van der Waals surface area contributed by atoms with Gasteiger partial charge in [-0.25, -0.2) is 0 Å². The highest BCUT2D eigenvalue weighted by molar-refractivity contribution is 6.31. The van der Waals surface area contributed by atoms with Gasteiger partial charge in [0.1, 0.15) is 5.41 Å². The summed E-state index contributed by atoms with van der Waals surface area (Å²) in [7, 11) is 1.81. The molecule has 2 atom stereocenters. The second-order valence-electron chi connectivity index (χ2n) is 5.99. The minimum atomic E-state index is -0.856. The molecule has 3 rings (SSSR count). The van der Waals surface area contributed by atoms with E-state index in [9.17, 15) is 9.90 Å². The molecule has 1 aliphatic heterocycles. The first-order valence-electron chi connectivity index (χ1n) is 6.98. The van der Waals surface area contributed by atoms with Crippen LogP contribution in [0.3, 0.4) is 0 Å². The van der Waals surface area contributed by atoms with Crippen molar-refractivity contribution in [2.24, 2.45) is 18.4 Å². The van der Waals surface area contributed by atoms with Gasteiger partial charge in [-0.1, -0.05) is 11.6 Å². The number of nitrogens with zero attached hydrogens (tertiary/aromatic N) is 2. The molecule has 0 amide bonds. The molecule has 2 unspecified atom stereocenters. The molecule has 0 radical (unpaired) electrons. The van der Waals surface area contributed by atoms with Crippen LogP contribution in [0.25, 0.3) is 0 Å². The molecule has 1 saturated heterocycles. The van der Waals surface area contributed by atoms with Gasteiger partial charge in [0.05, 0.1) is 22.5 Å². The van der Waals surface area contributed by atoms with Crippen LogP contribution in [0.4, 0.5) is 0 Å². The molecule has 2 aliphatic rings. The van der Waals surface area contributed by atoms with Crippen molar-refractivity contribution in [3.63, 3.8) is 0 Å². The molecule has 0 aromatic carbocycles. The van der Waals surface area contributed by atoms with Gasteiger partial charge in [-0.15, -0.1) is 0 Å². The predicted molar refractivity (Wildman–Crippen MR) is 73.8 cm³/mol. The molecule has 1 saturated carbocycles. The number of hydrogen-bond donors (Lipinski definition) is 1. The fraction of sp³-hybridized carbons (Fsp3) is 0.714. The summed E-state index contributed by atoms with van der Waals surface area (Å²) in [5, 5.41) is 14.7. The number of carbonyl (C=O) groups is 1. The lowest BCUT2D eigenvalue weighted by molar-refractivity contribution is -0.153. The minimum absolute atomic E-state index is 0.189. The molecule has 20 heavy (non-hydrogen) atoms. The third-order valence-electron chi connectivity index (χ3n) is 4.61. The first-order chi connectivity index (χ1) is 9.45. The van der Waals surface area contributed by atoms with Gasteiger partial charge in [-0.3, -0.25) is 9.48 Å². The van der Waals surface area contributed by atoms with E-state index in [-0.39, 0.29) is 6.10 Å². The van der Waals surface area contributed by atoms with Gasteiger partial charge in [0, 0.05) is 20.1 Å². The summed E-state index contributed by atoms with van der Waals surface area (Å²) in [5.41, 5.74) is 0.680. The number of rotatable bonds is 4. The summed E-state index contributed by atoms with van der Waals surface area (Å²) in [6, 6.07) is 0. The Bertz CT molecular complexity index is 553. The molecule has 1 N–H and O–H groups in total. The molecule has 5 nitrogen and oxygen atoms in total. The van der Waals surface area contributed by atoms with E-state index in [2.05, 4.69) is 5.10 Å². The van der Waals surface area contributed by atoms with Crippen molar-refractivity contribution < 1.29 is 14.6 Å². The van der Waals surface area contributed by atoms with Gasteiger partial charge in [0.25, 0.3) is 0 Å². The number of ether oxygens (including phenoxy) is 1. The molecule has 2 heterocycles. The van der Waals surface area contributed by atoms with Gasteiger partial charge in [0.2, 0.25) is 0 Å². The van der Waals surface area contributed by atoms with E-state index in [0.717, 1.165) is 24.2 Å². The monoisotopic (exact) mass is 298 g/mol. The number of carboxylic acid groups (broad SMARTS) is 1. The Balaban J connectivity index is 1.97. The Morgan fingerprint density at radius 3 is 2.80 bits per heavy atom. The van der Waals surface area contributed by atoms with Crippen LogP contribution in [0.5, 0.6) is 0 Å². The van der Waals surface area contributed by atoms with Crippen LogP contribution in [-0.2, 0) is 23.0 Å². The number of hydrogen-bond acceptors (Lipinski definition) is 3. The SMILES string of the molecule is Cc1nn(C)c(CC2(C(=O)O)CCOC2C2CC2)c1Cl. The zero-order chi connectivity index (χ0) is 14.5. The van der Waals surface area contributed by atoms with Gasteiger partial charge in [-0.05, 0) is 32.1 Å². The van der Waals surface area contributed by atoms with Crippen LogP contribution < -0.4 is 0 Å². The first-order valence-corrected chi connectivity index (χ1v) is 7.36. The molecule has 110 valence electrons. The molecule has 6 heteroatoms. The van der Waals surface area contributed by atoms with E-state index in [0.29, 0.717) is 30.4 Å². The highest BCUT2D eigenvalue weighted by Gasteiger charge is 2.56. The highest BCUT2D eigenvalue weighted by Crippen LogP contribution is 2.50. The Labute approximate surface area is 122 Å². The van der Waals surface area contributed by atoms with E-state index in [1.165, 1.54) is 0 Å². The second-order valence-corrected chi connectivity index (χ2v) is 6.36. The van der Waals surface area contributed by atoms with Crippen LogP contribution in [0.1, 0.15) is 30.7 Å². The molecule has 1 aromatic rings. The molecule has 0 spiro atoms. The van der Waals surface area contributed by atoms with Crippen LogP contribution in [-0.4, -0.2) is 33.6 Å².